The Morgan fingerprint density at radius 1 is 1.21 bits per heavy atom. The van der Waals surface area contributed by atoms with Crippen molar-refractivity contribution in [3.63, 3.8) is 0 Å². The summed E-state index contributed by atoms with van der Waals surface area (Å²) in [4.78, 5) is 27.7. The lowest BCUT2D eigenvalue weighted by atomic mass is 9.82. The molecule has 2 heterocycles. The van der Waals surface area contributed by atoms with E-state index in [4.69, 9.17) is 5.41 Å². The van der Waals surface area contributed by atoms with Crippen LogP contribution < -0.4 is 5.32 Å². The summed E-state index contributed by atoms with van der Waals surface area (Å²) in [6.07, 6.45) is 0.792. The highest BCUT2D eigenvalue weighted by Gasteiger charge is 2.61. The Hall–Kier alpha value is -3.15. The molecular weight excluding hydrogens is 352 g/mol. The number of nitrogens with zero attached hydrogens (tertiary/aromatic N) is 2. The van der Waals surface area contributed by atoms with Gasteiger partial charge in [-0.05, 0) is 55.2 Å². The number of amides is 2. The maximum absolute atomic E-state index is 12.9. The molecule has 2 atom stereocenters. The molecule has 0 saturated carbocycles. The van der Waals surface area contributed by atoms with Gasteiger partial charge in [0.15, 0.2) is 0 Å². The quantitative estimate of drug-likeness (QED) is 0.858. The highest BCUT2D eigenvalue weighted by molar-refractivity contribution is 6.09. The number of anilines is 1. The summed E-state index contributed by atoms with van der Waals surface area (Å²) in [5.41, 5.74) is 3.16. The highest BCUT2D eigenvalue weighted by Crippen LogP contribution is 2.43. The highest BCUT2D eigenvalue weighted by atomic mass is 16.2. The van der Waals surface area contributed by atoms with Crippen LogP contribution in [0.1, 0.15) is 32.8 Å². The number of hydrogen-bond donors (Lipinski definition) is 2. The number of fused-ring (bicyclic) bond motifs is 1. The van der Waals surface area contributed by atoms with Crippen LogP contribution in [0.4, 0.5) is 5.69 Å². The maximum Gasteiger partial charge on any atom is 0.255 e. The van der Waals surface area contributed by atoms with Crippen molar-refractivity contribution < 1.29 is 9.59 Å². The van der Waals surface area contributed by atoms with Crippen LogP contribution in [-0.2, 0) is 16.1 Å². The van der Waals surface area contributed by atoms with Gasteiger partial charge in [-0.1, -0.05) is 30.3 Å². The lowest BCUT2D eigenvalue weighted by Gasteiger charge is -2.49. The number of nitrogens with one attached hydrogen (secondary N) is 2. The summed E-state index contributed by atoms with van der Waals surface area (Å²) in [7, 11) is 0. The smallest absolute Gasteiger partial charge is 0.255 e. The van der Waals surface area contributed by atoms with Crippen LogP contribution in [0, 0.1) is 5.41 Å². The van der Waals surface area contributed by atoms with E-state index in [1.54, 1.807) is 4.90 Å². The van der Waals surface area contributed by atoms with Gasteiger partial charge >= 0.3 is 0 Å². The fourth-order valence-electron chi connectivity index (χ4n) is 4.45. The second-order valence-electron chi connectivity index (χ2n) is 7.87. The molecule has 2 aliphatic heterocycles. The summed E-state index contributed by atoms with van der Waals surface area (Å²) in [5, 5.41) is 11.2. The Bertz CT molecular complexity index is 986. The molecule has 144 valence electrons. The monoisotopic (exact) mass is 376 g/mol. The maximum atomic E-state index is 12.9. The van der Waals surface area contributed by atoms with Crippen molar-refractivity contribution in [3.8, 4) is 11.1 Å². The van der Waals surface area contributed by atoms with Crippen molar-refractivity contribution in [2.24, 2.45) is 0 Å². The fourth-order valence-corrected chi connectivity index (χ4v) is 4.45. The van der Waals surface area contributed by atoms with Gasteiger partial charge in [-0.2, -0.15) is 0 Å². The van der Waals surface area contributed by atoms with E-state index in [1.807, 2.05) is 60.4 Å². The Labute approximate surface area is 164 Å². The van der Waals surface area contributed by atoms with Gasteiger partial charge in [0, 0.05) is 18.7 Å². The third-order valence-corrected chi connectivity index (χ3v) is 5.64. The molecule has 0 radical (unpaired) electrons. The first kappa shape index (κ1) is 18.2. The van der Waals surface area contributed by atoms with Crippen molar-refractivity contribution in [2.45, 2.75) is 45.3 Å². The minimum Gasteiger partial charge on any atom is -0.326 e. The molecule has 0 spiro atoms. The number of rotatable bonds is 4. The van der Waals surface area contributed by atoms with E-state index in [-0.39, 0.29) is 17.9 Å². The molecule has 28 heavy (non-hydrogen) atoms. The van der Waals surface area contributed by atoms with Crippen LogP contribution in [0.2, 0.25) is 0 Å². The topological polar surface area (TPSA) is 76.5 Å². The van der Waals surface area contributed by atoms with E-state index < -0.39 is 5.54 Å². The Morgan fingerprint density at radius 2 is 1.89 bits per heavy atom. The number of benzene rings is 2. The first-order chi connectivity index (χ1) is 13.3. The van der Waals surface area contributed by atoms with Crippen LogP contribution in [0.15, 0.2) is 48.5 Å². The Kier molecular flexibility index (Phi) is 4.22. The van der Waals surface area contributed by atoms with Crippen molar-refractivity contribution in [1.29, 1.82) is 5.41 Å². The minimum atomic E-state index is -0.555. The van der Waals surface area contributed by atoms with Crippen LogP contribution in [0.5, 0.6) is 0 Å². The Morgan fingerprint density at radius 3 is 2.54 bits per heavy atom. The van der Waals surface area contributed by atoms with E-state index in [1.165, 1.54) is 6.92 Å². The first-order valence-electron chi connectivity index (χ1n) is 9.46. The van der Waals surface area contributed by atoms with Crippen LogP contribution in [0.3, 0.4) is 0 Å². The number of carbonyl (C=O) groups excluding carboxylic acids is 2. The molecule has 0 bridgehead atoms. The van der Waals surface area contributed by atoms with Gasteiger partial charge in [0.05, 0.1) is 6.54 Å². The molecule has 2 saturated heterocycles. The van der Waals surface area contributed by atoms with Crippen molar-refractivity contribution in [3.05, 3.63) is 54.1 Å². The third kappa shape index (κ3) is 2.85. The predicted octanol–water partition coefficient (Wildman–Crippen LogP) is 3.44. The summed E-state index contributed by atoms with van der Waals surface area (Å²) in [6, 6.07) is 15.9. The van der Waals surface area contributed by atoms with E-state index >= 15 is 0 Å². The van der Waals surface area contributed by atoms with Gasteiger partial charge in [0.2, 0.25) is 11.9 Å². The second kappa shape index (κ2) is 6.48. The molecule has 2 unspecified atom stereocenters. The molecular formula is C22H24N4O2. The van der Waals surface area contributed by atoms with Gasteiger partial charge in [-0.3, -0.25) is 19.9 Å². The first-order valence-corrected chi connectivity index (χ1v) is 9.46. The molecule has 2 aliphatic rings. The van der Waals surface area contributed by atoms with Crippen molar-refractivity contribution in [1.82, 2.24) is 9.80 Å². The molecule has 2 fully saturated rings. The van der Waals surface area contributed by atoms with Gasteiger partial charge in [-0.25, -0.2) is 0 Å². The second-order valence-corrected chi connectivity index (χ2v) is 7.87. The van der Waals surface area contributed by atoms with Crippen molar-refractivity contribution >= 4 is 23.5 Å². The number of carbonyl (C=O) groups is 2. The van der Waals surface area contributed by atoms with Gasteiger partial charge in [0.25, 0.3) is 5.91 Å². The number of guanidine groups is 1. The lowest BCUT2D eigenvalue weighted by molar-refractivity contribution is -0.139. The normalized spacial score (nSPS) is 23.5. The zero-order valence-electron chi connectivity index (χ0n) is 16.3. The molecule has 4 rings (SSSR count). The van der Waals surface area contributed by atoms with Crippen molar-refractivity contribution in [2.75, 3.05) is 5.32 Å². The van der Waals surface area contributed by atoms with Crippen LogP contribution in [0.25, 0.3) is 11.1 Å². The van der Waals surface area contributed by atoms with E-state index in [0.29, 0.717) is 12.5 Å². The average Bonchev–Trinajstić information content (AvgIpc) is 2.78. The molecule has 2 N–H and O–H groups in total. The molecule has 2 aromatic carbocycles. The largest absolute Gasteiger partial charge is 0.326 e. The zero-order valence-corrected chi connectivity index (χ0v) is 16.3. The van der Waals surface area contributed by atoms with E-state index in [9.17, 15) is 9.59 Å². The van der Waals surface area contributed by atoms with Crippen LogP contribution in [-0.4, -0.2) is 39.2 Å². The van der Waals surface area contributed by atoms with Gasteiger partial charge in [-0.15, -0.1) is 0 Å². The molecule has 0 aromatic heterocycles. The summed E-state index contributed by atoms with van der Waals surface area (Å²) >= 11 is 0. The predicted molar refractivity (Wildman–Crippen MR) is 109 cm³/mol. The molecule has 2 amide bonds. The molecule has 0 aliphatic carbocycles. The lowest BCUT2D eigenvalue weighted by Crippen LogP contribution is -2.63. The average molecular weight is 376 g/mol. The number of hydrogen-bond acceptors (Lipinski definition) is 3. The molecule has 6 heteroatoms. The SMILES string of the molecule is CC(=O)Nc1cccc(-c2cccc(CN3C(=N)N4C(C)CC4(C)C3=O)c2)c1. The summed E-state index contributed by atoms with van der Waals surface area (Å²) < 4.78 is 0. The minimum absolute atomic E-state index is 0.00802. The Balaban J connectivity index is 1.58. The molecule has 6 nitrogen and oxygen atoms in total. The summed E-state index contributed by atoms with van der Waals surface area (Å²) in [6.45, 7) is 5.85. The molecule has 2 aromatic rings. The zero-order chi connectivity index (χ0) is 20.1. The van der Waals surface area contributed by atoms with E-state index in [2.05, 4.69) is 12.2 Å². The summed E-state index contributed by atoms with van der Waals surface area (Å²) in [5.74, 6) is 0.197. The third-order valence-electron chi connectivity index (χ3n) is 5.64. The van der Waals surface area contributed by atoms with Gasteiger partial charge in [0.1, 0.15) is 5.54 Å². The fraction of sp³-hybridized carbons (Fsp3) is 0.318. The van der Waals surface area contributed by atoms with Crippen LogP contribution >= 0.6 is 0 Å². The standard InChI is InChI=1S/C22H24N4O2/c1-14-12-22(3)20(28)25(21(23)26(14)22)13-16-6-4-7-17(10-16)18-8-5-9-19(11-18)24-15(2)27/h4-11,14,23H,12-13H2,1-3H3,(H,24,27). The van der Waals surface area contributed by atoms with E-state index in [0.717, 1.165) is 28.8 Å². The van der Waals surface area contributed by atoms with Gasteiger partial charge < -0.3 is 10.2 Å².